The third kappa shape index (κ3) is 6.17. The lowest BCUT2D eigenvalue weighted by atomic mass is 10.0. The number of carbonyl (C=O) groups is 1. The van der Waals surface area contributed by atoms with Crippen molar-refractivity contribution in [1.29, 1.82) is 0 Å². The maximum atomic E-state index is 13.6. The van der Waals surface area contributed by atoms with Crippen LogP contribution in [0.5, 0.6) is 0 Å². The van der Waals surface area contributed by atoms with Crippen molar-refractivity contribution in [2.24, 2.45) is 0 Å². The summed E-state index contributed by atoms with van der Waals surface area (Å²) in [5.74, 6) is 0.0148. The van der Waals surface area contributed by atoms with Crippen molar-refractivity contribution in [3.63, 3.8) is 0 Å². The van der Waals surface area contributed by atoms with Gasteiger partial charge in [0.05, 0.1) is 22.8 Å². The lowest BCUT2D eigenvalue weighted by Crippen LogP contribution is -2.38. The molecule has 1 unspecified atom stereocenters. The topological polar surface area (TPSA) is 62.9 Å². The minimum atomic E-state index is -0.219. The quantitative estimate of drug-likeness (QED) is 0.287. The second-order valence-corrected chi connectivity index (χ2v) is 10.6. The average Bonchev–Trinajstić information content (AvgIpc) is 3.19. The second-order valence-electron chi connectivity index (χ2n) is 10.3. The molecule has 38 heavy (non-hydrogen) atoms. The number of hydrogen-bond donors (Lipinski definition) is 0. The Labute approximate surface area is 229 Å². The molecule has 7 nitrogen and oxygen atoms in total. The van der Waals surface area contributed by atoms with E-state index >= 15 is 0 Å². The van der Waals surface area contributed by atoms with Crippen LogP contribution in [0.25, 0.3) is 5.52 Å². The molecule has 2 aromatic carbocycles. The highest BCUT2D eigenvalue weighted by Gasteiger charge is 2.22. The van der Waals surface area contributed by atoms with Crippen LogP contribution in [0.4, 0.5) is 0 Å². The van der Waals surface area contributed by atoms with E-state index in [1.807, 2.05) is 86.6 Å². The Morgan fingerprint density at radius 3 is 2.34 bits per heavy atom. The lowest BCUT2D eigenvalue weighted by molar-refractivity contribution is 0.0740. The van der Waals surface area contributed by atoms with Gasteiger partial charge in [-0.25, -0.2) is 4.79 Å². The highest BCUT2D eigenvalue weighted by Crippen LogP contribution is 2.26. The molecular weight excluding hydrogens is 498 g/mol. The molecular formula is C30H36ClN5O2. The second kappa shape index (κ2) is 12.0. The summed E-state index contributed by atoms with van der Waals surface area (Å²) in [5, 5.41) is 4.88. The first-order valence-electron chi connectivity index (χ1n) is 13.0. The van der Waals surface area contributed by atoms with E-state index in [9.17, 15) is 9.59 Å². The Hall–Kier alpha value is -3.42. The third-order valence-electron chi connectivity index (χ3n) is 6.95. The zero-order chi connectivity index (χ0) is 27.4. The zero-order valence-corrected chi connectivity index (χ0v) is 23.6. The molecule has 4 rings (SSSR count). The van der Waals surface area contributed by atoms with E-state index in [-0.39, 0.29) is 17.5 Å². The molecule has 0 aliphatic rings. The number of aryl methyl sites for hydroxylation is 2. The number of fused-ring (bicyclic) bond motifs is 1. The first kappa shape index (κ1) is 27.6. The smallest absolute Gasteiger partial charge is 0.337 e. The summed E-state index contributed by atoms with van der Waals surface area (Å²) >= 11 is 6.53. The molecule has 2 heterocycles. The van der Waals surface area contributed by atoms with Gasteiger partial charge >= 0.3 is 5.69 Å². The van der Waals surface area contributed by atoms with Crippen LogP contribution < -0.4 is 5.69 Å². The molecule has 2 aromatic heterocycles. The molecule has 0 radical (unpaired) electrons. The van der Waals surface area contributed by atoms with Gasteiger partial charge in [-0.2, -0.15) is 9.61 Å². The van der Waals surface area contributed by atoms with Crippen LogP contribution in [0.2, 0.25) is 5.02 Å². The molecule has 0 spiro atoms. The summed E-state index contributed by atoms with van der Waals surface area (Å²) < 4.78 is 3.17. The van der Waals surface area contributed by atoms with Crippen LogP contribution in [0.3, 0.4) is 0 Å². The zero-order valence-electron chi connectivity index (χ0n) is 22.8. The van der Waals surface area contributed by atoms with Crippen molar-refractivity contribution in [3.8, 4) is 0 Å². The van der Waals surface area contributed by atoms with E-state index in [0.29, 0.717) is 47.9 Å². The van der Waals surface area contributed by atoms with Gasteiger partial charge < -0.3 is 9.80 Å². The van der Waals surface area contributed by atoms with Gasteiger partial charge in [-0.1, -0.05) is 66.6 Å². The van der Waals surface area contributed by atoms with Crippen molar-refractivity contribution >= 4 is 23.0 Å². The molecule has 200 valence electrons. The summed E-state index contributed by atoms with van der Waals surface area (Å²) in [6, 6.07) is 19.6. The van der Waals surface area contributed by atoms with Crippen molar-refractivity contribution in [3.05, 3.63) is 104 Å². The minimum absolute atomic E-state index is 0.00430. The summed E-state index contributed by atoms with van der Waals surface area (Å²) in [5.41, 5.74) is 4.73. The normalized spacial score (nSPS) is 12.3. The van der Waals surface area contributed by atoms with Crippen LogP contribution in [0.15, 0.2) is 65.5 Å². The third-order valence-corrected chi connectivity index (χ3v) is 7.42. The standard InChI is InChI=1S/C30H36ClN5O2/c1-21-11-13-25(14-12-21)29(37)34(18-17-33(4)5)16-15-22(2)26-19-27-28(31)23(3)32-36(27)30(38)35(26)20-24-9-7-6-8-10-24/h6-14,19,22H,15-18,20H2,1-5H3. The Balaban J connectivity index is 1.65. The van der Waals surface area contributed by atoms with Crippen molar-refractivity contribution in [2.75, 3.05) is 33.7 Å². The molecule has 0 saturated heterocycles. The summed E-state index contributed by atoms with van der Waals surface area (Å²) in [6.45, 7) is 8.30. The molecule has 1 atom stereocenters. The van der Waals surface area contributed by atoms with Gasteiger partial charge in [-0.15, -0.1) is 0 Å². The number of nitrogens with zero attached hydrogens (tertiary/aromatic N) is 5. The summed E-state index contributed by atoms with van der Waals surface area (Å²) in [4.78, 5) is 31.0. The van der Waals surface area contributed by atoms with E-state index in [1.54, 1.807) is 11.5 Å². The number of hydrogen-bond acceptors (Lipinski definition) is 4. The molecule has 8 heteroatoms. The van der Waals surface area contributed by atoms with Crippen molar-refractivity contribution < 1.29 is 4.79 Å². The Kier molecular flexibility index (Phi) is 8.69. The molecule has 0 bridgehead atoms. The van der Waals surface area contributed by atoms with E-state index in [4.69, 9.17) is 11.6 Å². The molecule has 0 aliphatic heterocycles. The summed E-state index contributed by atoms with van der Waals surface area (Å²) in [6.07, 6.45) is 0.695. The van der Waals surface area contributed by atoms with Crippen molar-refractivity contribution in [2.45, 2.75) is 39.7 Å². The van der Waals surface area contributed by atoms with Crippen LogP contribution in [-0.4, -0.2) is 63.6 Å². The lowest BCUT2D eigenvalue weighted by Gasteiger charge is -2.27. The number of benzene rings is 2. The Morgan fingerprint density at radius 1 is 1.00 bits per heavy atom. The molecule has 0 N–H and O–H groups in total. The van der Waals surface area contributed by atoms with Crippen LogP contribution in [-0.2, 0) is 6.54 Å². The fourth-order valence-corrected chi connectivity index (χ4v) is 4.76. The molecule has 0 fully saturated rings. The van der Waals surface area contributed by atoms with Gasteiger partial charge in [0.15, 0.2) is 0 Å². The molecule has 0 saturated carbocycles. The number of carbonyl (C=O) groups excluding carboxylic acids is 1. The van der Waals surface area contributed by atoms with Crippen LogP contribution >= 0.6 is 11.6 Å². The monoisotopic (exact) mass is 533 g/mol. The van der Waals surface area contributed by atoms with Crippen LogP contribution in [0, 0.1) is 13.8 Å². The maximum absolute atomic E-state index is 13.6. The van der Waals surface area contributed by atoms with Gasteiger partial charge in [-0.05, 0) is 64.0 Å². The van der Waals surface area contributed by atoms with Gasteiger partial charge in [0.25, 0.3) is 5.91 Å². The average molecular weight is 534 g/mol. The predicted octanol–water partition coefficient (Wildman–Crippen LogP) is 5.01. The molecule has 1 amide bonds. The first-order chi connectivity index (χ1) is 18.2. The first-order valence-corrected chi connectivity index (χ1v) is 13.4. The number of halogens is 1. The van der Waals surface area contributed by atoms with Gasteiger partial charge in [0.1, 0.15) is 0 Å². The van der Waals surface area contributed by atoms with E-state index in [2.05, 4.69) is 16.9 Å². The number of rotatable bonds is 10. The SMILES string of the molecule is Cc1ccc(C(=O)N(CCC(C)c2cc3c(Cl)c(C)nn3c(=O)n2Cc2ccccc2)CCN(C)C)cc1. The highest BCUT2D eigenvalue weighted by molar-refractivity contribution is 6.34. The van der Waals surface area contributed by atoms with Crippen molar-refractivity contribution in [1.82, 2.24) is 24.0 Å². The highest BCUT2D eigenvalue weighted by atomic mass is 35.5. The van der Waals surface area contributed by atoms with Gasteiger partial charge in [0, 0.05) is 30.9 Å². The fraction of sp³-hybridized carbons (Fsp3) is 0.367. The molecule has 0 aliphatic carbocycles. The van der Waals surface area contributed by atoms with E-state index in [1.165, 1.54) is 4.52 Å². The van der Waals surface area contributed by atoms with E-state index < -0.39 is 0 Å². The van der Waals surface area contributed by atoms with Gasteiger partial charge in [0.2, 0.25) is 0 Å². The largest absolute Gasteiger partial charge is 0.349 e. The number of likely N-dealkylation sites (N-methyl/N-ethyl adjacent to an activating group) is 1. The maximum Gasteiger partial charge on any atom is 0.349 e. The van der Waals surface area contributed by atoms with Gasteiger partial charge in [-0.3, -0.25) is 9.36 Å². The van der Waals surface area contributed by atoms with E-state index in [0.717, 1.165) is 23.4 Å². The fourth-order valence-electron chi connectivity index (χ4n) is 4.58. The molecule has 4 aromatic rings. The summed E-state index contributed by atoms with van der Waals surface area (Å²) in [7, 11) is 4.01. The predicted molar refractivity (Wildman–Crippen MR) is 153 cm³/mol. The Bertz CT molecular complexity index is 1460. The minimum Gasteiger partial charge on any atom is -0.337 e. The number of amides is 1. The van der Waals surface area contributed by atoms with Crippen LogP contribution in [0.1, 0.15) is 52.1 Å². The number of aromatic nitrogens is 3. The Morgan fingerprint density at radius 2 is 1.68 bits per heavy atom.